The van der Waals surface area contributed by atoms with E-state index < -0.39 is 0 Å². The van der Waals surface area contributed by atoms with Gasteiger partial charge in [-0.15, -0.1) is 0 Å². The molecule has 0 aliphatic rings. The van der Waals surface area contributed by atoms with E-state index in [4.69, 9.17) is 0 Å². The highest BCUT2D eigenvalue weighted by molar-refractivity contribution is 5.52. The standard InChI is InChI=1S/C10H19N3/c1-7(2)6-9-10(11-4)8(3)13(5)12-9/h7,11H,6H2,1-5H3. The SMILES string of the molecule is CNc1c(CC(C)C)nn(C)c1C. The third-order valence-electron chi connectivity index (χ3n) is 2.26. The molecule has 1 rings (SSSR count). The summed E-state index contributed by atoms with van der Waals surface area (Å²) in [4.78, 5) is 0. The highest BCUT2D eigenvalue weighted by atomic mass is 15.3. The lowest BCUT2D eigenvalue weighted by atomic mass is 10.1. The van der Waals surface area contributed by atoms with Crippen molar-refractivity contribution in [3.63, 3.8) is 0 Å². The van der Waals surface area contributed by atoms with E-state index in [1.807, 2.05) is 18.8 Å². The van der Waals surface area contributed by atoms with E-state index in [1.54, 1.807) is 0 Å². The fourth-order valence-corrected chi connectivity index (χ4v) is 1.53. The first-order valence-electron chi connectivity index (χ1n) is 4.76. The molecule has 0 atom stereocenters. The zero-order valence-corrected chi connectivity index (χ0v) is 9.18. The van der Waals surface area contributed by atoms with Crippen LogP contribution in [0.3, 0.4) is 0 Å². The van der Waals surface area contributed by atoms with Gasteiger partial charge in [0.25, 0.3) is 0 Å². The second-order valence-electron chi connectivity index (χ2n) is 3.88. The molecule has 74 valence electrons. The number of hydrogen-bond acceptors (Lipinski definition) is 2. The summed E-state index contributed by atoms with van der Waals surface area (Å²) < 4.78 is 1.93. The van der Waals surface area contributed by atoms with Crippen LogP contribution >= 0.6 is 0 Å². The molecule has 1 aromatic heterocycles. The maximum atomic E-state index is 4.48. The van der Waals surface area contributed by atoms with Gasteiger partial charge in [-0.1, -0.05) is 13.8 Å². The lowest BCUT2D eigenvalue weighted by Crippen LogP contribution is -1.99. The first kappa shape index (κ1) is 10.1. The summed E-state index contributed by atoms with van der Waals surface area (Å²) in [5.41, 5.74) is 3.58. The Morgan fingerprint density at radius 1 is 1.46 bits per heavy atom. The third-order valence-corrected chi connectivity index (χ3v) is 2.26. The van der Waals surface area contributed by atoms with Crippen molar-refractivity contribution in [2.45, 2.75) is 27.2 Å². The molecule has 0 unspecified atom stereocenters. The van der Waals surface area contributed by atoms with Crippen LogP contribution in [0.25, 0.3) is 0 Å². The Morgan fingerprint density at radius 3 is 2.54 bits per heavy atom. The Bertz CT molecular complexity index is 287. The maximum Gasteiger partial charge on any atom is 0.0861 e. The Hall–Kier alpha value is -0.990. The molecule has 0 aromatic carbocycles. The van der Waals surface area contributed by atoms with Gasteiger partial charge >= 0.3 is 0 Å². The Kier molecular flexibility index (Phi) is 2.96. The fourth-order valence-electron chi connectivity index (χ4n) is 1.53. The Morgan fingerprint density at radius 2 is 2.08 bits per heavy atom. The predicted octanol–water partition coefficient (Wildman–Crippen LogP) is 1.97. The average Bonchev–Trinajstić information content (AvgIpc) is 2.27. The maximum absolute atomic E-state index is 4.48. The normalized spacial score (nSPS) is 10.9. The zero-order chi connectivity index (χ0) is 10.0. The van der Waals surface area contributed by atoms with Gasteiger partial charge in [0.05, 0.1) is 17.1 Å². The van der Waals surface area contributed by atoms with Crippen molar-refractivity contribution in [1.82, 2.24) is 9.78 Å². The number of nitrogens with one attached hydrogen (secondary N) is 1. The number of aryl methyl sites for hydroxylation is 1. The van der Waals surface area contributed by atoms with Crippen LogP contribution in [0.1, 0.15) is 25.2 Å². The molecule has 0 radical (unpaired) electrons. The van der Waals surface area contributed by atoms with Crippen LogP contribution in [-0.4, -0.2) is 16.8 Å². The van der Waals surface area contributed by atoms with Gasteiger partial charge in [0.1, 0.15) is 0 Å². The molecule has 3 heteroatoms. The van der Waals surface area contributed by atoms with E-state index in [1.165, 1.54) is 17.1 Å². The van der Waals surface area contributed by atoms with Crippen LogP contribution in [0.4, 0.5) is 5.69 Å². The van der Waals surface area contributed by atoms with Crippen molar-refractivity contribution in [2.75, 3.05) is 12.4 Å². The van der Waals surface area contributed by atoms with E-state index in [0.29, 0.717) is 5.92 Å². The molecule has 0 saturated carbocycles. The van der Waals surface area contributed by atoms with Gasteiger partial charge in [0.2, 0.25) is 0 Å². The molecule has 1 N–H and O–H groups in total. The molecule has 0 saturated heterocycles. The van der Waals surface area contributed by atoms with E-state index in [0.717, 1.165) is 6.42 Å². The molecule has 0 aliphatic heterocycles. The predicted molar refractivity (Wildman–Crippen MR) is 56.0 cm³/mol. The third kappa shape index (κ3) is 2.02. The summed E-state index contributed by atoms with van der Waals surface area (Å²) in [6.07, 6.45) is 1.04. The second kappa shape index (κ2) is 3.81. The second-order valence-corrected chi connectivity index (χ2v) is 3.88. The van der Waals surface area contributed by atoms with E-state index >= 15 is 0 Å². The van der Waals surface area contributed by atoms with Crippen molar-refractivity contribution >= 4 is 5.69 Å². The number of aromatic nitrogens is 2. The summed E-state index contributed by atoms with van der Waals surface area (Å²) in [5, 5.41) is 7.68. The lowest BCUT2D eigenvalue weighted by molar-refractivity contribution is 0.619. The van der Waals surface area contributed by atoms with Crippen molar-refractivity contribution < 1.29 is 0 Å². The van der Waals surface area contributed by atoms with Crippen molar-refractivity contribution in [3.05, 3.63) is 11.4 Å². The minimum Gasteiger partial charge on any atom is -0.385 e. The number of hydrogen-bond donors (Lipinski definition) is 1. The molecule has 0 spiro atoms. The van der Waals surface area contributed by atoms with E-state index in [9.17, 15) is 0 Å². The van der Waals surface area contributed by atoms with Gasteiger partial charge in [0, 0.05) is 14.1 Å². The van der Waals surface area contributed by atoms with Gasteiger partial charge in [-0.2, -0.15) is 5.10 Å². The molecule has 0 aliphatic carbocycles. The first-order valence-corrected chi connectivity index (χ1v) is 4.76. The van der Waals surface area contributed by atoms with Crippen LogP contribution < -0.4 is 5.32 Å². The summed E-state index contributed by atoms with van der Waals surface area (Å²) in [7, 11) is 3.94. The quantitative estimate of drug-likeness (QED) is 0.772. The average molecular weight is 181 g/mol. The zero-order valence-electron chi connectivity index (χ0n) is 9.18. The molecular formula is C10H19N3. The van der Waals surface area contributed by atoms with Gasteiger partial charge in [0.15, 0.2) is 0 Å². The van der Waals surface area contributed by atoms with Gasteiger partial charge in [-0.25, -0.2) is 0 Å². The number of rotatable bonds is 3. The minimum absolute atomic E-state index is 0.654. The molecule has 0 fully saturated rings. The van der Waals surface area contributed by atoms with E-state index in [2.05, 4.69) is 31.2 Å². The van der Waals surface area contributed by atoms with Gasteiger partial charge in [-0.3, -0.25) is 4.68 Å². The summed E-state index contributed by atoms with van der Waals surface area (Å²) in [6.45, 7) is 6.51. The molecule has 0 amide bonds. The van der Waals surface area contributed by atoms with E-state index in [-0.39, 0.29) is 0 Å². The Balaban J connectivity index is 2.99. The topological polar surface area (TPSA) is 29.9 Å². The highest BCUT2D eigenvalue weighted by Crippen LogP contribution is 2.21. The molecular weight excluding hydrogens is 162 g/mol. The smallest absolute Gasteiger partial charge is 0.0861 e. The summed E-state index contributed by atoms with van der Waals surface area (Å²) >= 11 is 0. The monoisotopic (exact) mass is 181 g/mol. The number of nitrogens with zero attached hydrogens (tertiary/aromatic N) is 2. The molecule has 13 heavy (non-hydrogen) atoms. The highest BCUT2D eigenvalue weighted by Gasteiger charge is 2.11. The van der Waals surface area contributed by atoms with Crippen molar-refractivity contribution in [2.24, 2.45) is 13.0 Å². The van der Waals surface area contributed by atoms with Gasteiger partial charge < -0.3 is 5.32 Å². The minimum atomic E-state index is 0.654. The molecule has 1 heterocycles. The van der Waals surface area contributed by atoms with Crippen LogP contribution in [0.15, 0.2) is 0 Å². The van der Waals surface area contributed by atoms with Crippen molar-refractivity contribution in [3.8, 4) is 0 Å². The molecule has 1 aromatic rings. The summed E-state index contributed by atoms with van der Waals surface area (Å²) in [5.74, 6) is 0.654. The fraction of sp³-hybridized carbons (Fsp3) is 0.700. The Labute approximate surface area is 80.1 Å². The molecule has 0 bridgehead atoms. The first-order chi connectivity index (χ1) is 6.06. The largest absolute Gasteiger partial charge is 0.385 e. The van der Waals surface area contributed by atoms with Crippen LogP contribution in [-0.2, 0) is 13.5 Å². The van der Waals surface area contributed by atoms with Crippen LogP contribution in [0.5, 0.6) is 0 Å². The van der Waals surface area contributed by atoms with Crippen molar-refractivity contribution in [1.29, 1.82) is 0 Å². The molecule has 3 nitrogen and oxygen atoms in total. The number of anilines is 1. The van der Waals surface area contributed by atoms with Crippen LogP contribution in [0, 0.1) is 12.8 Å². The summed E-state index contributed by atoms with van der Waals surface area (Å²) in [6, 6.07) is 0. The van der Waals surface area contributed by atoms with Crippen LogP contribution in [0.2, 0.25) is 0 Å². The lowest BCUT2D eigenvalue weighted by Gasteiger charge is -2.04. The van der Waals surface area contributed by atoms with Gasteiger partial charge in [-0.05, 0) is 19.3 Å².